The Morgan fingerprint density at radius 3 is 2.91 bits per heavy atom. The second kappa shape index (κ2) is 11.2. The number of hydrogen-bond acceptors (Lipinski definition) is 7. The van der Waals surface area contributed by atoms with Gasteiger partial charge < -0.3 is 25.7 Å². The van der Waals surface area contributed by atoms with Crippen molar-refractivity contribution in [2.24, 2.45) is 5.73 Å². The molecule has 4 N–H and O–H groups in total. The van der Waals surface area contributed by atoms with Gasteiger partial charge in [0.1, 0.15) is 12.4 Å². The summed E-state index contributed by atoms with van der Waals surface area (Å²) < 4.78 is 7.20. The number of ether oxygens (including phenoxy) is 1. The minimum atomic E-state index is -0.784. The Morgan fingerprint density at radius 1 is 1.39 bits per heavy atom. The molecule has 172 valence electrons. The first kappa shape index (κ1) is 23.9. The molecular weight excluding hydrogens is 444 g/mol. The minimum Gasteiger partial charge on any atom is -0.461 e. The van der Waals surface area contributed by atoms with Crippen molar-refractivity contribution >= 4 is 23.5 Å². The largest absolute Gasteiger partial charge is 0.461 e. The number of benzene rings is 1. The van der Waals surface area contributed by atoms with Crippen LogP contribution in [0.2, 0.25) is 5.02 Å². The van der Waals surface area contributed by atoms with Gasteiger partial charge in [-0.1, -0.05) is 23.7 Å². The number of esters is 1. The van der Waals surface area contributed by atoms with Crippen LogP contribution in [0.5, 0.6) is 0 Å². The number of carbonyl (C=O) groups excluding carboxylic acids is 2. The summed E-state index contributed by atoms with van der Waals surface area (Å²) in [7, 11) is 0. The summed E-state index contributed by atoms with van der Waals surface area (Å²) in [5.74, 6) is -1.66. The van der Waals surface area contributed by atoms with Crippen LogP contribution >= 0.6 is 11.6 Å². The summed E-state index contributed by atoms with van der Waals surface area (Å²) in [6, 6.07) is 8.84. The number of nitrogens with two attached hydrogens (primary N) is 1. The van der Waals surface area contributed by atoms with Crippen molar-refractivity contribution in [3.05, 3.63) is 76.2 Å². The number of aryl methyl sites for hydroxylation is 1. The molecule has 2 aromatic rings. The Kier molecular flexibility index (Phi) is 8.11. The van der Waals surface area contributed by atoms with Gasteiger partial charge in [-0.05, 0) is 31.0 Å². The van der Waals surface area contributed by atoms with Gasteiger partial charge in [0.15, 0.2) is 0 Å². The van der Waals surface area contributed by atoms with E-state index in [1.807, 2.05) is 16.8 Å². The Labute approximate surface area is 196 Å². The van der Waals surface area contributed by atoms with Gasteiger partial charge in [0, 0.05) is 36.2 Å². The van der Waals surface area contributed by atoms with E-state index in [9.17, 15) is 9.59 Å². The average Bonchev–Trinajstić information content (AvgIpc) is 3.29. The standard InChI is InChI=1S/C23H25ClN6O3/c1-15-18(23(32)33-12-3-7-25)19(16-5-2-6-17(24)13-16)20(21(26)29-15)22(31)28-8-4-10-30-11-9-27-14-30/h2,5-6,9,11,13-14,19,29H,3-4,8,10,12,26H2,1H3,(H,28,31). The summed E-state index contributed by atoms with van der Waals surface area (Å²) >= 11 is 6.21. The van der Waals surface area contributed by atoms with Gasteiger partial charge in [0.05, 0.1) is 35.9 Å². The van der Waals surface area contributed by atoms with Crippen molar-refractivity contribution in [3.63, 3.8) is 0 Å². The van der Waals surface area contributed by atoms with Crippen molar-refractivity contribution in [1.29, 1.82) is 5.26 Å². The molecule has 2 heterocycles. The van der Waals surface area contributed by atoms with Crippen LogP contribution in [0.15, 0.2) is 65.7 Å². The average molecular weight is 469 g/mol. The number of rotatable bonds is 9. The molecule has 1 unspecified atom stereocenters. The van der Waals surface area contributed by atoms with E-state index in [1.165, 1.54) is 0 Å². The highest BCUT2D eigenvalue weighted by atomic mass is 35.5. The molecule has 9 nitrogen and oxygen atoms in total. The zero-order chi connectivity index (χ0) is 23.8. The second-order valence-electron chi connectivity index (χ2n) is 7.43. The molecule has 33 heavy (non-hydrogen) atoms. The maximum absolute atomic E-state index is 13.2. The summed E-state index contributed by atoms with van der Waals surface area (Å²) in [6.45, 7) is 2.73. The molecule has 10 heteroatoms. The second-order valence-corrected chi connectivity index (χ2v) is 7.87. The Bertz CT molecular complexity index is 1120. The van der Waals surface area contributed by atoms with Crippen LogP contribution in [0.4, 0.5) is 0 Å². The lowest BCUT2D eigenvalue weighted by atomic mass is 9.81. The highest BCUT2D eigenvalue weighted by Gasteiger charge is 2.37. The minimum absolute atomic E-state index is 0.0522. The predicted molar refractivity (Wildman–Crippen MR) is 122 cm³/mol. The number of dihydropyridines is 1. The third-order valence-corrected chi connectivity index (χ3v) is 5.36. The predicted octanol–water partition coefficient (Wildman–Crippen LogP) is 2.33. The summed E-state index contributed by atoms with van der Waals surface area (Å²) in [6.07, 6.45) is 6.00. The van der Waals surface area contributed by atoms with Crippen molar-refractivity contribution in [1.82, 2.24) is 20.2 Å². The van der Waals surface area contributed by atoms with E-state index >= 15 is 0 Å². The fourth-order valence-electron chi connectivity index (χ4n) is 3.64. The van der Waals surface area contributed by atoms with Crippen LogP contribution in [0.1, 0.15) is 31.2 Å². The molecule has 0 spiro atoms. The number of hydrogen-bond donors (Lipinski definition) is 3. The van der Waals surface area contributed by atoms with Gasteiger partial charge >= 0.3 is 5.97 Å². The number of aromatic nitrogens is 2. The van der Waals surface area contributed by atoms with Crippen LogP contribution in [0.25, 0.3) is 0 Å². The summed E-state index contributed by atoms with van der Waals surface area (Å²) in [5, 5.41) is 15.0. The molecule has 1 aromatic heterocycles. The van der Waals surface area contributed by atoms with E-state index in [0.717, 1.165) is 0 Å². The lowest BCUT2D eigenvalue weighted by Gasteiger charge is -2.30. The van der Waals surface area contributed by atoms with Gasteiger partial charge in [-0.15, -0.1) is 0 Å². The van der Waals surface area contributed by atoms with E-state index in [1.54, 1.807) is 43.7 Å². The maximum atomic E-state index is 13.2. The number of allylic oxidation sites excluding steroid dienone is 1. The van der Waals surface area contributed by atoms with Crippen LogP contribution in [0, 0.1) is 11.3 Å². The lowest BCUT2D eigenvalue weighted by molar-refractivity contribution is -0.139. The maximum Gasteiger partial charge on any atom is 0.336 e. The fraction of sp³-hybridized carbons (Fsp3) is 0.304. The van der Waals surface area contributed by atoms with Crippen LogP contribution in [0.3, 0.4) is 0 Å². The smallest absolute Gasteiger partial charge is 0.336 e. The van der Waals surface area contributed by atoms with E-state index in [0.29, 0.717) is 35.8 Å². The van der Waals surface area contributed by atoms with Crippen molar-refractivity contribution in [2.75, 3.05) is 13.2 Å². The van der Waals surface area contributed by atoms with Gasteiger partial charge in [-0.2, -0.15) is 5.26 Å². The lowest BCUT2D eigenvalue weighted by Crippen LogP contribution is -2.39. The fourth-order valence-corrected chi connectivity index (χ4v) is 3.84. The van der Waals surface area contributed by atoms with Crippen LogP contribution in [-0.4, -0.2) is 34.6 Å². The monoisotopic (exact) mass is 468 g/mol. The zero-order valence-electron chi connectivity index (χ0n) is 18.2. The molecule has 1 aromatic carbocycles. The number of imidazole rings is 1. The highest BCUT2D eigenvalue weighted by molar-refractivity contribution is 6.30. The van der Waals surface area contributed by atoms with Crippen LogP contribution in [-0.2, 0) is 20.9 Å². The molecule has 0 aliphatic carbocycles. The van der Waals surface area contributed by atoms with Gasteiger partial charge in [-0.3, -0.25) is 4.79 Å². The molecule has 3 rings (SSSR count). The van der Waals surface area contributed by atoms with E-state index < -0.39 is 17.8 Å². The zero-order valence-corrected chi connectivity index (χ0v) is 18.9. The van der Waals surface area contributed by atoms with Gasteiger partial charge in [-0.25, -0.2) is 9.78 Å². The number of halogens is 1. The number of carbonyl (C=O) groups is 2. The molecule has 1 aliphatic heterocycles. The molecule has 0 saturated heterocycles. The Hall–Kier alpha value is -3.77. The molecule has 1 amide bonds. The molecule has 1 aliphatic rings. The Balaban J connectivity index is 1.86. The molecule has 0 bridgehead atoms. The van der Waals surface area contributed by atoms with E-state index in [4.69, 9.17) is 27.3 Å². The van der Waals surface area contributed by atoms with Crippen molar-refractivity contribution in [2.45, 2.75) is 32.2 Å². The number of nitriles is 1. The van der Waals surface area contributed by atoms with Gasteiger partial charge in [0.25, 0.3) is 5.91 Å². The Morgan fingerprint density at radius 2 is 2.21 bits per heavy atom. The first-order valence-electron chi connectivity index (χ1n) is 10.4. The van der Waals surface area contributed by atoms with Crippen molar-refractivity contribution < 1.29 is 14.3 Å². The third kappa shape index (κ3) is 5.93. The van der Waals surface area contributed by atoms with E-state index in [-0.39, 0.29) is 30.0 Å². The number of nitrogens with one attached hydrogen (secondary N) is 2. The molecule has 1 atom stereocenters. The van der Waals surface area contributed by atoms with Crippen molar-refractivity contribution in [3.8, 4) is 6.07 Å². The van der Waals surface area contributed by atoms with Gasteiger partial charge in [0.2, 0.25) is 0 Å². The van der Waals surface area contributed by atoms with Crippen LogP contribution < -0.4 is 16.4 Å². The quantitative estimate of drug-likeness (QED) is 0.379. The third-order valence-electron chi connectivity index (χ3n) is 5.13. The molecule has 0 saturated carbocycles. The SMILES string of the molecule is CC1=C(C(=O)OCCC#N)C(c2cccc(Cl)c2)C(C(=O)NCCCn2ccnc2)=C(N)N1. The summed E-state index contributed by atoms with van der Waals surface area (Å²) in [5.41, 5.74) is 7.78. The number of nitrogens with zero attached hydrogens (tertiary/aromatic N) is 3. The first-order valence-corrected chi connectivity index (χ1v) is 10.8. The molecule has 0 fully saturated rings. The van der Waals surface area contributed by atoms with E-state index in [2.05, 4.69) is 15.6 Å². The highest BCUT2D eigenvalue weighted by Crippen LogP contribution is 2.38. The number of amides is 1. The molecular formula is C23H25ClN6O3. The first-order chi connectivity index (χ1) is 15.9. The summed E-state index contributed by atoms with van der Waals surface area (Å²) in [4.78, 5) is 30.2. The topological polar surface area (TPSA) is 135 Å². The molecule has 0 radical (unpaired) electrons. The normalized spacial score (nSPS) is 15.6.